The van der Waals surface area contributed by atoms with Crippen LogP contribution in [-0.4, -0.2) is 67.3 Å². The van der Waals surface area contributed by atoms with E-state index >= 15 is 0 Å². The standard InChI is InChI=1S/C18H18N4O8S3/c23-15(7-11-3-1-5-31-11)19-13-9-21(17(13)25)29-33(27,28)30-22-10-14(18(22)26)20-16(24)8-12-4-2-6-32-12/h1-6,13-14H,7-10H2,(H,19,23)(H,20,24)/t13-,14-/m0/s1. The van der Waals surface area contributed by atoms with E-state index < -0.39 is 34.3 Å². The first kappa shape index (κ1) is 23.3. The van der Waals surface area contributed by atoms with Crippen molar-refractivity contribution >= 4 is 56.7 Å². The third-order valence-corrected chi connectivity index (χ3v) is 7.13. The van der Waals surface area contributed by atoms with Crippen molar-refractivity contribution < 1.29 is 36.2 Å². The Morgan fingerprint density at radius 1 is 0.879 bits per heavy atom. The van der Waals surface area contributed by atoms with Crippen molar-refractivity contribution in [1.82, 2.24) is 20.8 Å². The maximum atomic E-state index is 12.1. The van der Waals surface area contributed by atoms with Gasteiger partial charge in [0.05, 0.1) is 25.9 Å². The number of β-lactam (4-membered cyclic amide) rings is 2. The van der Waals surface area contributed by atoms with E-state index in [1.807, 2.05) is 10.8 Å². The zero-order chi connectivity index (χ0) is 23.6. The Morgan fingerprint density at radius 2 is 1.30 bits per heavy atom. The van der Waals surface area contributed by atoms with Gasteiger partial charge in [0.15, 0.2) is 0 Å². The quantitative estimate of drug-likeness (QED) is 0.397. The van der Waals surface area contributed by atoms with Gasteiger partial charge in [0.1, 0.15) is 12.1 Å². The van der Waals surface area contributed by atoms with Gasteiger partial charge in [0.2, 0.25) is 11.8 Å². The van der Waals surface area contributed by atoms with E-state index in [2.05, 4.69) is 19.2 Å². The van der Waals surface area contributed by atoms with Gasteiger partial charge in [-0.25, -0.2) is 0 Å². The molecule has 0 aromatic carbocycles. The first-order chi connectivity index (χ1) is 15.7. The Labute approximate surface area is 196 Å². The van der Waals surface area contributed by atoms with Gasteiger partial charge in [-0.1, -0.05) is 12.1 Å². The van der Waals surface area contributed by atoms with Crippen LogP contribution in [0.1, 0.15) is 9.75 Å². The Kier molecular flexibility index (Phi) is 6.76. The summed E-state index contributed by atoms with van der Waals surface area (Å²) in [6.45, 7) is -0.403. The van der Waals surface area contributed by atoms with E-state index in [1.165, 1.54) is 22.7 Å². The van der Waals surface area contributed by atoms with Crippen molar-refractivity contribution in [3.05, 3.63) is 44.8 Å². The van der Waals surface area contributed by atoms with Gasteiger partial charge in [-0.2, -0.15) is 18.5 Å². The van der Waals surface area contributed by atoms with Crippen molar-refractivity contribution in [3.63, 3.8) is 0 Å². The third kappa shape index (κ3) is 5.75. The number of amides is 4. The number of rotatable bonds is 10. The van der Waals surface area contributed by atoms with E-state index in [-0.39, 0.29) is 37.7 Å². The highest BCUT2D eigenvalue weighted by Crippen LogP contribution is 2.19. The van der Waals surface area contributed by atoms with Crippen LogP contribution in [0.25, 0.3) is 0 Å². The number of carbonyl (C=O) groups is 4. The molecular weight excluding hydrogens is 496 g/mol. The van der Waals surface area contributed by atoms with Crippen molar-refractivity contribution in [3.8, 4) is 0 Å². The highest BCUT2D eigenvalue weighted by atomic mass is 32.3. The van der Waals surface area contributed by atoms with Crippen LogP contribution in [0, 0.1) is 0 Å². The molecule has 2 N–H and O–H groups in total. The summed E-state index contributed by atoms with van der Waals surface area (Å²) < 4.78 is 33.1. The maximum absolute atomic E-state index is 12.1. The second-order valence-electron chi connectivity index (χ2n) is 7.11. The van der Waals surface area contributed by atoms with E-state index in [1.54, 1.807) is 24.3 Å². The van der Waals surface area contributed by atoms with Crippen LogP contribution in [0.5, 0.6) is 0 Å². The smallest absolute Gasteiger partial charge is 0.342 e. The molecule has 2 aliphatic heterocycles. The third-order valence-electron chi connectivity index (χ3n) is 4.65. The molecule has 4 rings (SSSR count). The number of carbonyl (C=O) groups excluding carboxylic acids is 4. The molecular formula is C18H18N4O8S3. The molecule has 0 saturated carbocycles. The zero-order valence-corrected chi connectivity index (χ0v) is 19.3. The zero-order valence-electron chi connectivity index (χ0n) is 16.8. The average molecular weight is 515 g/mol. The molecule has 2 saturated heterocycles. The molecule has 4 amide bonds. The van der Waals surface area contributed by atoms with E-state index in [0.717, 1.165) is 9.75 Å². The topological polar surface area (TPSA) is 151 Å². The monoisotopic (exact) mass is 514 g/mol. The first-order valence-electron chi connectivity index (χ1n) is 9.60. The molecule has 15 heteroatoms. The molecule has 2 aromatic heterocycles. The number of nitrogens with one attached hydrogen (secondary N) is 2. The second kappa shape index (κ2) is 9.56. The van der Waals surface area contributed by atoms with Gasteiger partial charge in [-0.3, -0.25) is 19.2 Å². The Balaban J connectivity index is 1.18. The van der Waals surface area contributed by atoms with Gasteiger partial charge in [0.25, 0.3) is 11.8 Å². The van der Waals surface area contributed by atoms with Crippen LogP contribution in [0.2, 0.25) is 0 Å². The van der Waals surface area contributed by atoms with E-state index in [9.17, 15) is 27.6 Å². The number of thiophene rings is 2. The highest BCUT2D eigenvalue weighted by molar-refractivity contribution is 7.81. The second-order valence-corrected chi connectivity index (χ2v) is 10.3. The van der Waals surface area contributed by atoms with Crippen LogP contribution in [0.4, 0.5) is 0 Å². The summed E-state index contributed by atoms with van der Waals surface area (Å²) in [7, 11) is -4.77. The minimum absolute atomic E-state index is 0.103. The summed E-state index contributed by atoms with van der Waals surface area (Å²) >= 11 is 2.80. The fraction of sp³-hybridized carbons (Fsp3) is 0.333. The molecule has 2 atom stereocenters. The fourth-order valence-corrected chi connectivity index (χ4v) is 5.15. The molecule has 2 aliphatic rings. The number of hydrogen-bond acceptors (Lipinski definition) is 10. The first-order valence-corrected chi connectivity index (χ1v) is 12.7. The Morgan fingerprint density at radius 3 is 1.64 bits per heavy atom. The van der Waals surface area contributed by atoms with Crippen LogP contribution < -0.4 is 10.6 Å². The normalized spacial score (nSPS) is 20.2. The number of hydroxylamine groups is 4. The van der Waals surface area contributed by atoms with Crippen molar-refractivity contribution in [2.75, 3.05) is 13.1 Å². The van der Waals surface area contributed by atoms with E-state index in [4.69, 9.17) is 0 Å². The predicted molar refractivity (Wildman–Crippen MR) is 114 cm³/mol. The van der Waals surface area contributed by atoms with Crippen LogP contribution in [0.3, 0.4) is 0 Å². The summed E-state index contributed by atoms with van der Waals surface area (Å²) in [4.78, 5) is 49.6. The summed E-state index contributed by atoms with van der Waals surface area (Å²) in [6.07, 6.45) is 0.206. The molecule has 4 heterocycles. The Bertz CT molecular complexity index is 1070. The number of hydrogen-bond donors (Lipinski definition) is 2. The molecule has 12 nitrogen and oxygen atoms in total. The van der Waals surface area contributed by atoms with Crippen LogP contribution in [-0.2, 0) is 51.0 Å². The molecule has 0 bridgehead atoms. The molecule has 176 valence electrons. The molecule has 0 spiro atoms. The predicted octanol–water partition coefficient (Wildman–Crippen LogP) is -0.643. The lowest BCUT2D eigenvalue weighted by Crippen LogP contribution is -2.66. The van der Waals surface area contributed by atoms with Gasteiger partial charge in [-0.05, 0) is 22.9 Å². The SMILES string of the molecule is O=C(Cc1cccs1)N[C@H]1CN(OS(=O)(=O)ON2C[C@H](NC(=O)Cc3cccs3)C2=O)C1=O. The van der Waals surface area contributed by atoms with Gasteiger partial charge < -0.3 is 10.6 Å². The van der Waals surface area contributed by atoms with E-state index in [0.29, 0.717) is 10.1 Å². The van der Waals surface area contributed by atoms with Crippen molar-refractivity contribution in [2.45, 2.75) is 24.9 Å². The lowest BCUT2D eigenvalue weighted by atomic mass is 10.1. The minimum atomic E-state index is -4.77. The lowest BCUT2D eigenvalue weighted by molar-refractivity contribution is -0.197. The summed E-state index contributed by atoms with van der Waals surface area (Å²) in [6, 6.07) is 5.33. The average Bonchev–Trinajstić information content (AvgIpc) is 3.45. The molecule has 0 radical (unpaired) electrons. The largest absolute Gasteiger partial charge is 0.442 e. The van der Waals surface area contributed by atoms with Gasteiger partial charge >= 0.3 is 10.4 Å². The molecule has 33 heavy (non-hydrogen) atoms. The molecule has 2 aromatic rings. The number of nitrogens with zero attached hydrogens (tertiary/aromatic N) is 2. The maximum Gasteiger partial charge on any atom is 0.442 e. The summed E-state index contributed by atoms with van der Waals surface area (Å²) in [5, 5.41) is 9.64. The van der Waals surface area contributed by atoms with Crippen molar-refractivity contribution in [2.24, 2.45) is 0 Å². The van der Waals surface area contributed by atoms with Gasteiger partial charge in [0, 0.05) is 9.75 Å². The lowest BCUT2D eigenvalue weighted by Gasteiger charge is -2.38. The summed E-state index contributed by atoms with van der Waals surface area (Å²) in [5.41, 5.74) is 0. The molecule has 2 fully saturated rings. The summed E-state index contributed by atoms with van der Waals surface area (Å²) in [5.74, 6) is -2.30. The molecule has 0 aliphatic carbocycles. The van der Waals surface area contributed by atoms with Gasteiger partial charge in [-0.15, -0.1) is 31.2 Å². The van der Waals surface area contributed by atoms with Crippen LogP contribution in [0.15, 0.2) is 35.0 Å². The minimum Gasteiger partial charge on any atom is -0.342 e. The van der Waals surface area contributed by atoms with Crippen LogP contribution >= 0.6 is 22.7 Å². The molecule has 0 unspecified atom stereocenters. The highest BCUT2D eigenvalue weighted by Gasteiger charge is 2.45. The van der Waals surface area contributed by atoms with Crippen molar-refractivity contribution in [1.29, 1.82) is 0 Å². The fourth-order valence-electron chi connectivity index (χ4n) is 3.01. The Hall–Kier alpha value is -2.85.